The van der Waals surface area contributed by atoms with Gasteiger partial charge in [-0.05, 0) is 42.7 Å². The van der Waals surface area contributed by atoms with Gasteiger partial charge < -0.3 is 14.8 Å². The second kappa shape index (κ2) is 7.65. The zero-order chi connectivity index (χ0) is 19.4. The molecule has 142 valence electrons. The summed E-state index contributed by atoms with van der Waals surface area (Å²) < 4.78 is 10.7. The van der Waals surface area contributed by atoms with Gasteiger partial charge in [0.25, 0.3) is 5.69 Å². The minimum Gasteiger partial charge on any atom is -0.493 e. The van der Waals surface area contributed by atoms with Crippen LogP contribution in [0.5, 0.6) is 11.5 Å². The van der Waals surface area contributed by atoms with Crippen molar-refractivity contribution in [3.63, 3.8) is 0 Å². The first-order valence-electron chi connectivity index (χ1n) is 8.78. The number of benzene rings is 2. The number of ether oxygens (including phenoxy) is 2. The van der Waals surface area contributed by atoms with Gasteiger partial charge in [0.1, 0.15) is 0 Å². The Balaban J connectivity index is 1.90. The molecule has 2 aromatic rings. The third-order valence-electron chi connectivity index (χ3n) is 5.16. The maximum absolute atomic E-state index is 13.2. The molecule has 1 fully saturated rings. The molecule has 1 saturated carbocycles. The van der Waals surface area contributed by atoms with Crippen molar-refractivity contribution in [2.24, 2.45) is 0 Å². The first-order valence-corrected chi connectivity index (χ1v) is 8.78. The maximum Gasteiger partial charge on any atom is 0.269 e. The lowest BCUT2D eigenvalue weighted by Crippen LogP contribution is -2.38. The van der Waals surface area contributed by atoms with E-state index in [9.17, 15) is 14.9 Å². The van der Waals surface area contributed by atoms with Crippen LogP contribution in [0.1, 0.15) is 31.2 Å². The van der Waals surface area contributed by atoms with Crippen LogP contribution in [0.2, 0.25) is 0 Å². The number of nitrogens with zero attached hydrogens (tertiary/aromatic N) is 1. The van der Waals surface area contributed by atoms with Crippen LogP contribution >= 0.6 is 0 Å². The summed E-state index contributed by atoms with van der Waals surface area (Å²) in [5.41, 5.74) is 0.763. The summed E-state index contributed by atoms with van der Waals surface area (Å²) in [7, 11) is 3.14. The van der Waals surface area contributed by atoms with E-state index >= 15 is 0 Å². The van der Waals surface area contributed by atoms with Gasteiger partial charge in [-0.25, -0.2) is 0 Å². The molecule has 0 saturated heterocycles. The minimum absolute atomic E-state index is 0.0107. The number of nitro benzene ring substituents is 1. The number of rotatable bonds is 6. The van der Waals surface area contributed by atoms with E-state index in [4.69, 9.17) is 9.47 Å². The summed E-state index contributed by atoms with van der Waals surface area (Å²) in [6, 6.07) is 11.4. The lowest BCUT2D eigenvalue weighted by atomic mass is 9.77. The molecule has 0 unspecified atom stereocenters. The predicted octanol–water partition coefficient (Wildman–Crippen LogP) is 4.06. The van der Waals surface area contributed by atoms with Gasteiger partial charge in [0, 0.05) is 17.8 Å². The molecule has 0 spiro atoms. The van der Waals surface area contributed by atoms with Crippen molar-refractivity contribution in [3.8, 4) is 11.5 Å². The van der Waals surface area contributed by atoms with E-state index in [0.717, 1.165) is 31.2 Å². The van der Waals surface area contributed by atoms with E-state index in [1.165, 1.54) is 12.1 Å². The minimum atomic E-state index is -0.651. The topological polar surface area (TPSA) is 90.7 Å². The molecule has 0 bridgehead atoms. The monoisotopic (exact) mass is 370 g/mol. The lowest BCUT2D eigenvalue weighted by molar-refractivity contribution is -0.384. The van der Waals surface area contributed by atoms with E-state index in [2.05, 4.69) is 5.32 Å². The third-order valence-corrected chi connectivity index (χ3v) is 5.16. The summed E-state index contributed by atoms with van der Waals surface area (Å²) in [5.74, 6) is 1.09. The normalized spacial score (nSPS) is 15.2. The number of carbonyl (C=O) groups is 1. The highest BCUT2D eigenvalue weighted by molar-refractivity contribution is 5.99. The maximum atomic E-state index is 13.2. The number of nitro groups is 1. The molecule has 2 aromatic carbocycles. The van der Waals surface area contributed by atoms with Crippen molar-refractivity contribution in [2.45, 2.75) is 31.1 Å². The predicted molar refractivity (Wildman–Crippen MR) is 101 cm³/mol. The van der Waals surface area contributed by atoms with Crippen LogP contribution < -0.4 is 14.8 Å². The number of non-ortho nitro benzene ring substituents is 1. The Morgan fingerprint density at radius 3 is 2.22 bits per heavy atom. The Kier molecular flexibility index (Phi) is 5.30. The van der Waals surface area contributed by atoms with Gasteiger partial charge in [-0.3, -0.25) is 14.9 Å². The van der Waals surface area contributed by atoms with Gasteiger partial charge in [-0.15, -0.1) is 0 Å². The SMILES string of the molecule is COc1ccc(C2(C(=O)Nc3ccc([N+](=O)[O-])cc3)CCCC2)cc1OC. The highest BCUT2D eigenvalue weighted by atomic mass is 16.6. The Bertz CT molecular complexity index is 842. The van der Waals surface area contributed by atoms with Crippen molar-refractivity contribution >= 4 is 17.3 Å². The van der Waals surface area contributed by atoms with Gasteiger partial charge in [-0.2, -0.15) is 0 Å². The van der Waals surface area contributed by atoms with Crippen LogP contribution in [0.4, 0.5) is 11.4 Å². The van der Waals surface area contributed by atoms with E-state index < -0.39 is 10.3 Å². The second-order valence-electron chi connectivity index (χ2n) is 6.62. The fourth-order valence-corrected chi connectivity index (χ4v) is 3.68. The van der Waals surface area contributed by atoms with Crippen molar-refractivity contribution < 1.29 is 19.2 Å². The van der Waals surface area contributed by atoms with Gasteiger partial charge in [0.05, 0.1) is 24.6 Å². The summed E-state index contributed by atoms with van der Waals surface area (Å²) in [5, 5.41) is 13.7. The van der Waals surface area contributed by atoms with Crippen LogP contribution in [0, 0.1) is 10.1 Å². The highest BCUT2D eigenvalue weighted by Crippen LogP contribution is 2.44. The quantitative estimate of drug-likeness (QED) is 0.611. The summed E-state index contributed by atoms with van der Waals surface area (Å²) in [4.78, 5) is 23.5. The summed E-state index contributed by atoms with van der Waals surface area (Å²) in [6.07, 6.45) is 3.40. The van der Waals surface area contributed by atoms with Crippen molar-refractivity contribution in [1.82, 2.24) is 0 Å². The molecular weight excluding hydrogens is 348 g/mol. The number of amides is 1. The van der Waals surface area contributed by atoms with Crippen LogP contribution in [0.25, 0.3) is 0 Å². The van der Waals surface area contributed by atoms with Crippen LogP contribution in [0.3, 0.4) is 0 Å². The molecule has 1 aliphatic carbocycles. The van der Waals surface area contributed by atoms with E-state index in [1.54, 1.807) is 26.4 Å². The van der Waals surface area contributed by atoms with Crippen LogP contribution in [-0.4, -0.2) is 25.1 Å². The van der Waals surface area contributed by atoms with Crippen molar-refractivity contribution in [2.75, 3.05) is 19.5 Å². The van der Waals surface area contributed by atoms with Crippen molar-refractivity contribution in [3.05, 3.63) is 58.1 Å². The molecular formula is C20H22N2O5. The first kappa shape index (κ1) is 18.7. The Labute approximate surface area is 157 Å². The van der Waals surface area contributed by atoms with E-state index in [1.807, 2.05) is 18.2 Å². The largest absolute Gasteiger partial charge is 0.493 e. The number of hydrogen-bond acceptors (Lipinski definition) is 5. The zero-order valence-electron chi connectivity index (χ0n) is 15.4. The molecule has 0 radical (unpaired) electrons. The van der Waals surface area contributed by atoms with Gasteiger partial charge in [0.15, 0.2) is 11.5 Å². The smallest absolute Gasteiger partial charge is 0.269 e. The zero-order valence-corrected chi connectivity index (χ0v) is 15.4. The highest BCUT2D eigenvalue weighted by Gasteiger charge is 2.43. The number of nitrogens with one attached hydrogen (secondary N) is 1. The molecule has 0 heterocycles. The number of methoxy groups -OCH3 is 2. The number of hydrogen-bond donors (Lipinski definition) is 1. The molecule has 0 aromatic heterocycles. The third kappa shape index (κ3) is 3.58. The van der Waals surface area contributed by atoms with Crippen molar-refractivity contribution in [1.29, 1.82) is 0 Å². The Hall–Kier alpha value is -3.09. The summed E-state index contributed by atoms with van der Waals surface area (Å²) >= 11 is 0. The number of carbonyl (C=O) groups excluding carboxylic acids is 1. The Morgan fingerprint density at radius 1 is 1.04 bits per heavy atom. The molecule has 7 heteroatoms. The fraction of sp³-hybridized carbons (Fsp3) is 0.350. The molecule has 7 nitrogen and oxygen atoms in total. The lowest BCUT2D eigenvalue weighted by Gasteiger charge is -2.29. The first-order chi connectivity index (χ1) is 13.0. The molecule has 0 aliphatic heterocycles. The average molecular weight is 370 g/mol. The van der Waals surface area contributed by atoms with Crippen LogP contribution in [-0.2, 0) is 10.2 Å². The molecule has 3 rings (SSSR count). The molecule has 1 N–H and O–H groups in total. The number of anilines is 1. The van der Waals surface area contributed by atoms with E-state index in [-0.39, 0.29) is 11.6 Å². The summed E-state index contributed by atoms with van der Waals surface area (Å²) in [6.45, 7) is 0. The van der Waals surface area contributed by atoms with Crippen LogP contribution in [0.15, 0.2) is 42.5 Å². The van der Waals surface area contributed by atoms with Gasteiger partial charge in [-0.1, -0.05) is 18.9 Å². The average Bonchev–Trinajstić information content (AvgIpc) is 3.19. The van der Waals surface area contributed by atoms with Gasteiger partial charge in [0.2, 0.25) is 5.91 Å². The Morgan fingerprint density at radius 2 is 1.67 bits per heavy atom. The molecule has 1 amide bonds. The fourth-order valence-electron chi connectivity index (χ4n) is 3.68. The standard InChI is InChI=1S/C20H22N2O5/c1-26-17-10-5-14(13-18(17)27-2)20(11-3-4-12-20)19(23)21-15-6-8-16(9-7-15)22(24)25/h5-10,13H,3-4,11-12H2,1-2H3,(H,21,23). The molecule has 0 atom stereocenters. The molecule has 1 aliphatic rings. The van der Waals surface area contributed by atoms with E-state index in [0.29, 0.717) is 17.2 Å². The van der Waals surface area contributed by atoms with Gasteiger partial charge >= 0.3 is 0 Å². The second-order valence-corrected chi connectivity index (χ2v) is 6.62. The molecule has 27 heavy (non-hydrogen) atoms.